The predicted molar refractivity (Wildman–Crippen MR) is 104 cm³/mol. The number of rotatable bonds is 4. The van der Waals surface area contributed by atoms with Gasteiger partial charge in [0.1, 0.15) is 18.7 Å². The summed E-state index contributed by atoms with van der Waals surface area (Å²) >= 11 is 6.14. The number of hydrogen-bond acceptors (Lipinski definition) is 6. The molecular formula is C21H14ClNO6. The van der Waals surface area contributed by atoms with Crippen molar-refractivity contribution in [3.63, 3.8) is 0 Å². The molecule has 2 aromatic carbocycles. The Labute approximate surface area is 169 Å². The summed E-state index contributed by atoms with van der Waals surface area (Å²) in [6.45, 7) is 1.02. The van der Waals surface area contributed by atoms with Crippen LogP contribution in [0.5, 0.6) is 0 Å². The second kappa shape index (κ2) is 7.18. The van der Waals surface area contributed by atoms with Crippen LogP contribution < -0.4 is 5.63 Å². The van der Waals surface area contributed by atoms with Crippen LogP contribution >= 0.6 is 11.6 Å². The van der Waals surface area contributed by atoms with Gasteiger partial charge in [0.2, 0.25) is 0 Å². The first-order chi connectivity index (χ1) is 13.8. The maximum Gasteiger partial charge on any atom is 0.336 e. The molecule has 0 unspecified atom stereocenters. The highest BCUT2D eigenvalue weighted by molar-refractivity contribution is 6.32. The Morgan fingerprint density at radius 3 is 2.38 bits per heavy atom. The zero-order chi connectivity index (χ0) is 20.7. The number of imide groups is 1. The van der Waals surface area contributed by atoms with Gasteiger partial charge < -0.3 is 9.15 Å². The number of carbonyl (C=O) groups excluding carboxylic acids is 3. The lowest BCUT2D eigenvalue weighted by Gasteiger charge is -2.13. The second-order valence-corrected chi connectivity index (χ2v) is 7.00. The van der Waals surface area contributed by atoms with E-state index in [4.69, 9.17) is 20.8 Å². The Balaban J connectivity index is 1.51. The van der Waals surface area contributed by atoms with Crippen molar-refractivity contribution >= 4 is 40.4 Å². The van der Waals surface area contributed by atoms with Gasteiger partial charge in [-0.25, -0.2) is 4.79 Å². The van der Waals surface area contributed by atoms with Crippen LogP contribution in [-0.2, 0) is 16.1 Å². The number of fused-ring (bicyclic) bond motifs is 2. The van der Waals surface area contributed by atoms with E-state index >= 15 is 0 Å². The number of nitrogens with zero attached hydrogens (tertiary/aromatic N) is 1. The average Bonchev–Trinajstić information content (AvgIpc) is 2.93. The minimum absolute atomic E-state index is 0.233. The molecule has 0 N–H and O–H groups in total. The molecule has 2 amide bonds. The second-order valence-electron chi connectivity index (χ2n) is 6.59. The van der Waals surface area contributed by atoms with Crippen molar-refractivity contribution in [3.05, 3.63) is 80.2 Å². The summed E-state index contributed by atoms with van der Waals surface area (Å²) in [4.78, 5) is 49.6. The standard InChI is InChI=1S/C21H14ClNO6/c1-11-6-17-15(8-16(11)22)12(7-18(24)29-17)10-28-19(25)9-23-20(26)13-4-2-3-5-14(13)21(23)27/h2-8H,9-10H2,1H3. The smallest absolute Gasteiger partial charge is 0.336 e. The third-order valence-electron chi connectivity index (χ3n) is 4.66. The molecule has 1 aromatic heterocycles. The minimum atomic E-state index is -0.779. The molecule has 29 heavy (non-hydrogen) atoms. The molecule has 8 heteroatoms. The van der Waals surface area contributed by atoms with Gasteiger partial charge in [-0.1, -0.05) is 23.7 Å². The molecule has 4 rings (SSSR count). The zero-order valence-electron chi connectivity index (χ0n) is 15.2. The van der Waals surface area contributed by atoms with Crippen LogP contribution in [0.4, 0.5) is 0 Å². The lowest BCUT2D eigenvalue weighted by atomic mass is 10.1. The summed E-state index contributed by atoms with van der Waals surface area (Å²) in [7, 11) is 0. The van der Waals surface area contributed by atoms with Gasteiger partial charge in [-0.15, -0.1) is 0 Å². The van der Waals surface area contributed by atoms with E-state index < -0.39 is 30.0 Å². The number of ether oxygens (including phenoxy) is 1. The quantitative estimate of drug-likeness (QED) is 0.372. The molecule has 0 radical (unpaired) electrons. The Morgan fingerprint density at radius 2 is 1.72 bits per heavy atom. The van der Waals surface area contributed by atoms with Crippen molar-refractivity contribution in [2.24, 2.45) is 0 Å². The van der Waals surface area contributed by atoms with Crippen molar-refractivity contribution in [2.75, 3.05) is 6.54 Å². The Hall–Kier alpha value is -3.45. The van der Waals surface area contributed by atoms with Gasteiger partial charge in [0.15, 0.2) is 0 Å². The number of hydrogen-bond donors (Lipinski definition) is 0. The van der Waals surface area contributed by atoms with E-state index in [1.807, 2.05) is 0 Å². The van der Waals surface area contributed by atoms with Crippen molar-refractivity contribution in [2.45, 2.75) is 13.5 Å². The lowest BCUT2D eigenvalue weighted by molar-refractivity contribution is -0.145. The van der Waals surface area contributed by atoms with Gasteiger partial charge in [-0.05, 0) is 36.8 Å². The topological polar surface area (TPSA) is 93.9 Å². The third kappa shape index (κ3) is 3.40. The maximum absolute atomic E-state index is 12.3. The van der Waals surface area contributed by atoms with Crippen LogP contribution in [0.1, 0.15) is 31.8 Å². The van der Waals surface area contributed by atoms with Crippen molar-refractivity contribution in [1.29, 1.82) is 0 Å². The average molecular weight is 412 g/mol. The molecule has 1 aliphatic heterocycles. The van der Waals surface area contributed by atoms with Crippen LogP contribution in [-0.4, -0.2) is 29.2 Å². The van der Waals surface area contributed by atoms with Gasteiger partial charge in [-0.2, -0.15) is 0 Å². The van der Waals surface area contributed by atoms with E-state index in [0.29, 0.717) is 21.6 Å². The Bertz CT molecular complexity index is 1210. The molecule has 146 valence electrons. The molecule has 1 aliphatic rings. The first-order valence-electron chi connectivity index (χ1n) is 8.69. The van der Waals surface area contributed by atoms with Crippen LogP contribution in [0.15, 0.2) is 51.7 Å². The van der Waals surface area contributed by atoms with Gasteiger partial charge in [0.25, 0.3) is 11.8 Å². The van der Waals surface area contributed by atoms with Gasteiger partial charge >= 0.3 is 11.6 Å². The molecule has 0 fully saturated rings. The highest BCUT2D eigenvalue weighted by Crippen LogP contribution is 2.26. The molecule has 0 saturated carbocycles. The highest BCUT2D eigenvalue weighted by Gasteiger charge is 2.36. The van der Waals surface area contributed by atoms with Crippen LogP contribution in [0, 0.1) is 6.92 Å². The maximum atomic E-state index is 12.3. The third-order valence-corrected chi connectivity index (χ3v) is 5.07. The van der Waals surface area contributed by atoms with Crippen LogP contribution in [0.25, 0.3) is 11.0 Å². The van der Waals surface area contributed by atoms with E-state index in [2.05, 4.69) is 0 Å². The van der Waals surface area contributed by atoms with E-state index in [0.717, 1.165) is 10.5 Å². The molecule has 0 atom stereocenters. The molecule has 7 nitrogen and oxygen atoms in total. The largest absolute Gasteiger partial charge is 0.459 e. The van der Waals surface area contributed by atoms with Gasteiger partial charge in [0, 0.05) is 22.0 Å². The first kappa shape index (κ1) is 18.9. The summed E-state index contributed by atoms with van der Waals surface area (Å²) in [5.41, 5.74) is 1.39. The monoisotopic (exact) mass is 411 g/mol. The minimum Gasteiger partial charge on any atom is -0.459 e. The molecular weight excluding hydrogens is 398 g/mol. The van der Waals surface area contributed by atoms with Crippen molar-refractivity contribution in [1.82, 2.24) is 4.90 Å². The summed E-state index contributed by atoms with van der Waals surface area (Å²) in [6, 6.07) is 10.8. The molecule has 0 bridgehead atoms. The van der Waals surface area contributed by atoms with Gasteiger partial charge in [0.05, 0.1) is 11.1 Å². The van der Waals surface area contributed by atoms with Crippen molar-refractivity contribution < 1.29 is 23.5 Å². The molecule has 3 aromatic rings. The van der Waals surface area contributed by atoms with Crippen LogP contribution in [0.2, 0.25) is 5.02 Å². The summed E-state index contributed by atoms with van der Waals surface area (Å²) in [5.74, 6) is -1.87. The lowest BCUT2D eigenvalue weighted by Crippen LogP contribution is -2.35. The number of esters is 1. The normalized spacial score (nSPS) is 13.1. The fourth-order valence-corrected chi connectivity index (χ4v) is 3.35. The number of carbonyl (C=O) groups is 3. The Kier molecular flexibility index (Phi) is 4.68. The van der Waals surface area contributed by atoms with Crippen molar-refractivity contribution in [3.8, 4) is 0 Å². The highest BCUT2D eigenvalue weighted by atomic mass is 35.5. The molecule has 2 heterocycles. The zero-order valence-corrected chi connectivity index (χ0v) is 16.0. The fourth-order valence-electron chi connectivity index (χ4n) is 3.18. The number of aryl methyl sites for hydroxylation is 1. The predicted octanol–water partition coefficient (Wildman–Crippen LogP) is 3.09. The van der Waals surface area contributed by atoms with E-state index in [1.165, 1.54) is 18.2 Å². The van der Waals surface area contributed by atoms with E-state index in [9.17, 15) is 19.2 Å². The molecule has 0 aliphatic carbocycles. The number of amides is 2. The van der Waals surface area contributed by atoms with E-state index in [1.54, 1.807) is 31.2 Å². The number of benzene rings is 2. The molecule has 0 saturated heterocycles. The van der Waals surface area contributed by atoms with Crippen LogP contribution in [0.3, 0.4) is 0 Å². The van der Waals surface area contributed by atoms with E-state index in [-0.39, 0.29) is 17.7 Å². The fraction of sp³-hybridized carbons (Fsp3) is 0.143. The summed E-state index contributed by atoms with van der Waals surface area (Å²) in [5, 5.41) is 1.01. The van der Waals surface area contributed by atoms with Gasteiger partial charge in [-0.3, -0.25) is 19.3 Å². The summed E-state index contributed by atoms with van der Waals surface area (Å²) in [6.07, 6.45) is 0. The summed E-state index contributed by atoms with van der Waals surface area (Å²) < 4.78 is 10.4. The SMILES string of the molecule is Cc1cc2oc(=O)cc(COC(=O)CN3C(=O)c4ccccc4C3=O)c2cc1Cl. The number of halogens is 1. The Morgan fingerprint density at radius 1 is 1.07 bits per heavy atom. The first-order valence-corrected chi connectivity index (χ1v) is 9.06. The molecule has 0 spiro atoms.